The maximum Gasteiger partial charge on any atom is 0.242 e. The molecule has 1 aromatic carbocycles. The van der Waals surface area contributed by atoms with Crippen LogP contribution in [-0.2, 0) is 17.8 Å². The molecule has 1 atom stereocenters. The lowest BCUT2D eigenvalue weighted by molar-refractivity contribution is -0.121. The first-order valence-corrected chi connectivity index (χ1v) is 8.11. The van der Waals surface area contributed by atoms with E-state index in [2.05, 4.69) is 20.7 Å². The van der Waals surface area contributed by atoms with Crippen LogP contribution in [0.5, 0.6) is 0 Å². The lowest BCUT2D eigenvalue weighted by atomic mass is 10.1. The Morgan fingerprint density at radius 3 is 3.04 bits per heavy atom. The highest BCUT2D eigenvalue weighted by atomic mass is 35.5. The van der Waals surface area contributed by atoms with Crippen molar-refractivity contribution in [3.05, 3.63) is 40.4 Å². The van der Waals surface area contributed by atoms with E-state index in [1.807, 2.05) is 36.7 Å². The molecule has 0 saturated carbocycles. The number of benzene rings is 1. The molecule has 0 radical (unpaired) electrons. The van der Waals surface area contributed by atoms with Crippen LogP contribution >= 0.6 is 11.6 Å². The minimum absolute atomic E-state index is 0.0174. The molecule has 7 heteroatoms. The van der Waals surface area contributed by atoms with Crippen molar-refractivity contribution in [3.8, 4) is 0 Å². The minimum atomic E-state index is -0.223. The predicted octanol–water partition coefficient (Wildman–Crippen LogP) is 2.09. The van der Waals surface area contributed by atoms with Crippen molar-refractivity contribution in [2.45, 2.75) is 39.3 Å². The molecule has 1 unspecified atom stereocenters. The molecule has 2 heterocycles. The van der Waals surface area contributed by atoms with Crippen LogP contribution in [0.25, 0.3) is 0 Å². The smallest absolute Gasteiger partial charge is 0.242 e. The second kappa shape index (κ2) is 6.58. The number of aryl methyl sites for hydroxylation is 3. The minimum Gasteiger partial charge on any atom is -0.373 e. The third-order valence-corrected chi connectivity index (χ3v) is 4.18. The van der Waals surface area contributed by atoms with E-state index in [9.17, 15) is 4.79 Å². The Labute approximate surface area is 140 Å². The van der Waals surface area contributed by atoms with Crippen LogP contribution in [0.3, 0.4) is 0 Å². The van der Waals surface area contributed by atoms with Crippen molar-refractivity contribution in [3.63, 3.8) is 0 Å². The average molecular weight is 334 g/mol. The number of nitrogens with zero attached hydrogens (tertiary/aromatic N) is 3. The van der Waals surface area contributed by atoms with E-state index in [4.69, 9.17) is 11.6 Å². The van der Waals surface area contributed by atoms with Crippen LogP contribution in [0, 0.1) is 13.8 Å². The van der Waals surface area contributed by atoms with Crippen molar-refractivity contribution in [2.75, 3.05) is 11.9 Å². The summed E-state index contributed by atoms with van der Waals surface area (Å²) in [6.45, 7) is 5.18. The number of carbonyl (C=O) groups excluding carboxylic acids is 1. The molecule has 0 spiro atoms. The Kier molecular flexibility index (Phi) is 4.52. The molecule has 1 aliphatic heterocycles. The summed E-state index contributed by atoms with van der Waals surface area (Å²) >= 11 is 5.98. The number of halogens is 1. The molecule has 1 aliphatic rings. The van der Waals surface area contributed by atoms with Gasteiger partial charge >= 0.3 is 0 Å². The van der Waals surface area contributed by atoms with Crippen LogP contribution in [0.4, 0.5) is 5.69 Å². The molecule has 23 heavy (non-hydrogen) atoms. The highest BCUT2D eigenvalue weighted by Crippen LogP contribution is 2.28. The van der Waals surface area contributed by atoms with Crippen molar-refractivity contribution in [1.29, 1.82) is 0 Å². The number of amides is 1. The Bertz CT molecular complexity index is 727. The van der Waals surface area contributed by atoms with Crippen molar-refractivity contribution in [2.24, 2.45) is 0 Å². The summed E-state index contributed by atoms with van der Waals surface area (Å²) in [5, 5.41) is 11.2. The van der Waals surface area contributed by atoms with Crippen LogP contribution in [0.1, 0.15) is 23.6 Å². The second-order valence-electron chi connectivity index (χ2n) is 5.78. The molecule has 3 rings (SSSR count). The largest absolute Gasteiger partial charge is 0.373 e. The topological polar surface area (TPSA) is 71.8 Å². The van der Waals surface area contributed by atoms with E-state index in [0.29, 0.717) is 18.0 Å². The number of hydrogen-bond donors (Lipinski definition) is 2. The molecule has 1 aromatic heterocycles. The molecule has 6 nitrogen and oxygen atoms in total. The number of nitrogens with one attached hydrogen (secondary N) is 2. The van der Waals surface area contributed by atoms with Gasteiger partial charge in [-0.3, -0.25) is 9.48 Å². The van der Waals surface area contributed by atoms with Crippen molar-refractivity contribution < 1.29 is 4.79 Å². The van der Waals surface area contributed by atoms with Gasteiger partial charge in [0.15, 0.2) is 0 Å². The SMILES string of the molecule is Cc1nc(C)n(CCCNC(=O)C2Cc3cc(Cl)ccc3N2)n1. The molecule has 0 saturated heterocycles. The van der Waals surface area contributed by atoms with Gasteiger partial charge in [0, 0.05) is 30.2 Å². The van der Waals surface area contributed by atoms with Gasteiger partial charge in [0.05, 0.1) is 0 Å². The number of anilines is 1. The predicted molar refractivity (Wildman–Crippen MR) is 89.7 cm³/mol. The zero-order valence-electron chi connectivity index (χ0n) is 13.3. The van der Waals surface area contributed by atoms with E-state index in [1.54, 1.807) is 0 Å². The Hall–Kier alpha value is -2.08. The van der Waals surface area contributed by atoms with E-state index < -0.39 is 0 Å². The average Bonchev–Trinajstić information content (AvgIpc) is 3.06. The molecular weight excluding hydrogens is 314 g/mol. The zero-order valence-corrected chi connectivity index (χ0v) is 14.0. The molecule has 1 amide bonds. The maximum atomic E-state index is 12.2. The number of aromatic nitrogens is 3. The summed E-state index contributed by atoms with van der Waals surface area (Å²) in [7, 11) is 0. The van der Waals surface area contributed by atoms with Gasteiger partial charge in [0.25, 0.3) is 0 Å². The summed E-state index contributed by atoms with van der Waals surface area (Å²) in [5.41, 5.74) is 2.08. The summed E-state index contributed by atoms with van der Waals surface area (Å²) in [4.78, 5) is 16.5. The van der Waals surface area contributed by atoms with Crippen LogP contribution < -0.4 is 10.6 Å². The molecule has 2 N–H and O–H groups in total. The van der Waals surface area contributed by atoms with Crippen LogP contribution in [0.2, 0.25) is 5.02 Å². The Morgan fingerprint density at radius 1 is 1.48 bits per heavy atom. The van der Waals surface area contributed by atoms with E-state index in [-0.39, 0.29) is 11.9 Å². The molecule has 2 aromatic rings. The molecule has 0 fully saturated rings. The Morgan fingerprint density at radius 2 is 2.30 bits per heavy atom. The monoisotopic (exact) mass is 333 g/mol. The van der Waals surface area contributed by atoms with Crippen LogP contribution in [0.15, 0.2) is 18.2 Å². The fourth-order valence-corrected chi connectivity index (χ4v) is 3.02. The maximum absolute atomic E-state index is 12.2. The summed E-state index contributed by atoms with van der Waals surface area (Å²) < 4.78 is 1.87. The first-order chi connectivity index (χ1) is 11.0. The molecule has 122 valence electrons. The third-order valence-electron chi connectivity index (χ3n) is 3.95. The first kappa shape index (κ1) is 15.8. The molecule has 0 bridgehead atoms. The van der Waals surface area contributed by atoms with Gasteiger partial charge in [0.2, 0.25) is 5.91 Å². The van der Waals surface area contributed by atoms with Crippen LogP contribution in [-0.4, -0.2) is 33.3 Å². The standard InChI is InChI=1S/C16H20ClN5O/c1-10-19-11(2)22(21-10)7-3-6-18-16(23)15-9-12-8-13(17)4-5-14(12)20-15/h4-5,8,15,20H,3,6-7,9H2,1-2H3,(H,18,23). The fraction of sp³-hybridized carbons (Fsp3) is 0.438. The van der Waals surface area contributed by atoms with Crippen molar-refractivity contribution >= 4 is 23.2 Å². The highest BCUT2D eigenvalue weighted by molar-refractivity contribution is 6.30. The summed E-state index contributed by atoms with van der Waals surface area (Å²) in [6.07, 6.45) is 1.49. The lowest BCUT2D eigenvalue weighted by Crippen LogP contribution is -2.39. The quantitative estimate of drug-likeness (QED) is 0.822. The third kappa shape index (κ3) is 3.64. The van der Waals surface area contributed by atoms with E-state index >= 15 is 0 Å². The van der Waals surface area contributed by atoms with Gasteiger partial charge in [-0.25, -0.2) is 4.98 Å². The van der Waals surface area contributed by atoms with Crippen molar-refractivity contribution in [1.82, 2.24) is 20.1 Å². The number of fused-ring (bicyclic) bond motifs is 1. The highest BCUT2D eigenvalue weighted by Gasteiger charge is 2.26. The normalized spacial score (nSPS) is 16.0. The summed E-state index contributed by atoms with van der Waals surface area (Å²) in [6, 6.07) is 5.43. The second-order valence-corrected chi connectivity index (χ2v) is 6.21. The summed E-state index contributed by atoms with van der Waals surface area (Å²) in [5.74, 6) is 1.69. The van der Waals surface area contributed by atoms with Gasteiger partial charge in [-0.15, -0.1) is 0 Å². The number of hydrogen-bond acceptors (Lipinski definition) is 4. The fourth-order valence-electron chi connectivity index (χ4n) is 2.83. The lowest BCUT2D eigenvalue weighted by Gasteiger charge is -2.12. The number of rotatable bonds is 5. The molecular formula is C16H20ClN5O. The van der Waals surface area contributed by atoms with E-state index in [1.165, 1.54) is 0 Å². The van der Waals surface area contributed by atoms with Gasteiger partial charge in [0.1, 0.15) is 17.7 Å². The van der Waals surface area contributed by atoms with Gasteiger partial charge in [-0.05, 0) is 44.0 Å². The van der Waals surface area contributed by atoms with Gasteiger partial charge in [-0.1, -0.05) is 11.6 Å². The molecule has 0 aliphatic carbocycles. The van der Waals surface area contributed by atoms with Gasteiger partial charge in [-0.2, -0.15) is 5.10 Å². The Balaban J connectivity index is 1.45. The zero-order chi connectivity index (χ0) is 16.4. The van der Waals surface area contributed by atoms with E-state index in [0.717, 1.165) is 35.9 Å². The number of carbonyl (C=O) groups is 1. The van der Waals surface area contributed by atoms with Gasteiger partial charge < -0.3 is 10.6 Å². The first-order valence-electron chi connectivity index (χ1n) is 7.73.